The number of aryl methyl sites for hydroxylation is 2. The van der Waals surface area contributed by atoms with Crippen LogP contribution in [0.1, 0.15) is 36.9 Å². The van der Waals surface area contributed by atoms with Gasteiger partial charge in [-0.2, -0.15) is 4.98 Å². The standard InChI is InChI=1S/C10H14N2O/c13-10-11-7-8-5-3-1-2-4-6-9(8)12-10/h7H,1-6H2,(H,11,12,13). The summed E-state index contributed by atoms with van der Waals surface area (Å²) in [5.74, 6) is 0. The number of rotatable bonds is 0. The summed E-state index contributed by atoms with van der Waals surface area (Å²) in [6, 6.07) is 0. The Morgan fingerprint density at radius 1 is 1.15 bits per heavy atom. The molecule has 1 aromatic rings. The molecule has 2 rings (SSSR count). The third kappa shape index (κ3) is 1.97. The van der Waals surface area contributed by atoms with Crippen molar-refractivity contribution in [2.24, 2.45) is 0 Å². The number of H-pyrrole nitrogens is 1. The first-order valence-electron chi connectivity index (χ1n) is 4.94. The first kappa shape index (κ1) is 8.48. The molecule has 0 radical (unpaired) electrons. The Kier molecular flexibility index (Phi) is 2.43. The van der Waals surface area contributed by atoms with Gasteiger partial charge in [0.25, 0.3) is 0 Å². The van der Waals surface area contributed by atoms with Crippen LogP contribution in [0.4, 0.5) is 0 Å². The van der Waals surface area contributed by atoms with Gasteiger partial charge in [-0.1, -0.05) is 12.8 Å². The lowest BCUT2D eigenvalue weighted by Crippen LogP contribution is -2.15. The molecule has 0 aliphatic heterocycles. The maximum atomic E-state index is 11.0. The van der Waals surface area contributed by atoms with E-state index in [9.17, 15) is 4.79 Å². The summed E-state index contributed by atoms with van der Waals surface area (Å²) in [4.78, 5) is 17.6. The van der Waals surface area contributed by atoms with Crippen molar-refractivity contribution in [2.45, 2.75) is 38.5 Å². The molecule has 0 aromatic carbocycles. The molecule has 0 saturated heterocycles. The molecule has 0 amide bonds. The van der Waals surface area contributed by atoms with Crippen molar-refractivity contribution in [1.82, 2.24) is 9.97 Å². The van der Waals surface area contributed by atoms with E-state index < -0.39 is 0 Å². The second kappa shape index (κ2) is 3.73. The predicted octanol–water partition coefficient (Wildman–Crippen LogP) is 1.43. The van der Waals surface area contributed by atoms with Gasteiger partial charge in [0, 0.05) is 6.20 Å². The molecule has 1 N–H and O–H groups in total. The smallest absolute Gasteiger partial charge is 0.312 e. The van der Waals surface area contributed by atoms with Gasteiger partial charge in [-0.3, -0.25) is 0 Å². The Labute approximate surface area is 77.2 Å². The molecule has 0 bridgehead atoms. The zero-order chi connectivity index (χ0) is 9.10. The van der Waals surface area contributed by atoms with Gasteiger partial charge < -0.3 is 4.98 Å². The van der Waals surface area contributed by atoms with E-state index in [1.54, 1.807) is 0 Å². The maximum Gasteiger partial charge on any atom is 0.345 e. The van der Waals surface area contributed by atoms with Crippen molar-refractivity contribution in [3.05, 3.63) is 27.9 Å². The van der Waals surface area contributed by atoms with Gasteiger partial charge in [-0.15, -0.1) is 0 Å². The maximum absolute atomic E-state index is 11.0. The van der Waals surface area contributed by atoms with Crippen molar-refractivity contribution in [3.8, 4) is 0 Å². The Hall–Kier alpha value is -1.12. The summed E-state index contributed by atoms with van der Waals surface area (Å²) < 4.78 is 0. The number of aromatic nitrogens is 2. The van der Waals surface area contributed by atoms with Crippen molar-refractivity contribution in [2.75, 3.05) is 0 Å². The van der Waals surface area contributed by atoms with Crippen molar-refractivity contribution < 1.29 is 0 Å². The summed E-state index contributed by atoms with van der Waals surface area (Å²) in [5.41, 5.74) is 2.04. The number of nitrogens with zero attached hydrogens (tertiary/aromatic N) is 1. The number of aromatic amines is 1. The fraction of sp³-hybridized carbons (Fsp3) is 0.600. The third-order valence-electron chi connectivity index (χ3n) is 2.59. The normalized spacial score (nSPS) is 17.2. The Morgan fingerprint density at radius 3 is 2.77 bits per heavy atom. The van der Waals surface area contributed by atoms with E-state index in [0.29, 0.717) is 0 Å². The second-order valence-corrected chi connectivity index (χ2v) is 3.59. The molecule has 1 aliphatic rings. The number of fused-ring (bicyclic) bond motifs is 1. The lowest BCUT2D eigenvalue weighted by molar-refractivity contribution is 0.604. The monoisotopic (exact) mass is 178 g/mol. The SMILES string of the molecule is O=c1nc2c(c[nH]1)CCCCCC2. The average Bonchev–Trinajstić information content (AvgIpc) is 2.08. The van der Waals surface area contributed by atoms with Crippen LogP contribution < -0.4 is 5.69 Å². The quantitative estimate of drug-likeness (QED) is 0.653. The Bertz CT molecular complexity index is 343. The van der Waals surface area contributed by atoms with E-state index in [1.165, 1.54) is 31.2 Å². The molecule has 13 heavy (non-hydrogen) atoms. The molecule has 70 valence electrons. The molecule has 0 saturated carbocycles. The van der Waals surface area contributed by atoms with Gasteiger partial charge in [-0.05, 0) is 31.2 Å². The van der Waals surface area contributed by atoms with Crippen LogP contribution >= 0.6 is 0 Å². The molecule has 1 heterocycles. The van der Waals surface area contributed by atoms with E-state index in [0.717, 1.165) is 18.5 Å². The minimum atomic E-state index is -0.209. The molecule has 0 spiro atoms. The van der Waals surface area contributed by atoms with E-state index in [2.05, 4.69) is 9.97 Å². The zero-order valence-corrected chi connectivity index (χ0v) is 7.68. The summed E-state index contributed by atoms with van der Waals surface area (Å²) in [6.45, 7) is 0. The van der Waals surface area contributed by atoms with Crippen LogP contribution in [0.25, 0.3) is 0 Å². The van der Waals surface area contributed by atoms with Crippen molar-refractivity contribution in [3.63, 3.8) is 0 Å². The summed E-state index contributed by atoms with van der Waals surface area (Å²) in [7, 11) is 0. The first-order valence-corrected chi connectivity index (χ1v) is 4.94. The van der Waals surface area contributed by atoms with E-state index in [-0.39, 0.29) is 5.69 Å². The zero-order valence-electron chi connectivity index (χ0n) is 7.68. The molecular weight excluding hydrogens is 164 g/mol. The topological polar surface area (TPSA) is 45.8 Å². The van der Waals surface area contributed by atoms with Gasteiger partial charge in [0.15, 0.2) is 0 Å². The molecule has 0 atom stereocenters. The minimum absolute atomic E-state index is 0.209. The average molecular weight is 178 g/mol. The van der Waals surface area contributed by atoms with Crippen LogP contribution in [-0.2, 0) is 12.8 Å². The van der Waals surface area contributed by atoms with Crippen LogP contribution in [0.5, 0.6) is 0 Å². The van der Waals surface area contributed by atoms with Crippen LogP contribution in [0.2, 0.25) is 0 Å². The van der Waals surface area contributed by atoms with Gasteiger partial charge in [-0.25, -0.2) is 4.79 Å². The minimum Gasteiger partial charge on any atom is -0.312 e. The predicted molar refractivity (Wildman–Crippen MR) is 50.7 cm³/mol. The molecule has 1 aromatic heterocycles. The van der Waals surface area contributed by atoms with Gasteiger partial charge in [0.2, 0.25) is 0 Å². The highest BCUT2D eigenvalue weighted by atomic mass is 16.1. The third-order valence-corrected chi connectivity index (χ3v) is 2.59. The fourth-order valence-corrected chi connectivity index (χ4v) is 1.85. The van der Waals surface area contributed by atoms with E-state index in [4.69, 9.17) is 0 Å². The van der Waals surface area contributed by atoms with Crippen LogP contribution in [0.3, 0.4) is 0 Å². The first-order chi connectivity index (χ1) is 6.36. The van der Waals surface area contributed by atoms with Gasteiger partial charge >= 0.3 is 5.69 Å². The highest BCUT2D eigenvalue weighted by Gasteiger charge is 2.07. The summed E-state index contributed by atoms with van der Waals surface area (Å²) >= 11 is 0. The molecule has 1 aliphatic carbocycles. The lowest BCUT2D eigenvalue weighted by Gasteiger charge is -2.10. The highest BCUT2D eigenvalue weighted by Crippen LogP contribution is 2.16. The molecular formula is C10H14N2O. The second-order valence-electron chi connectivity index (χ2n) is 3.59. The summed E-state index contributed by atoms with van der Waals surface area (Å²) in [6.07, 6.45) is 8.84. The number of nitrogens with one attached hydrogen (secondary N) is 1. The van der Waals surface area contributed by atoms with E-state index >= 15 is 0 Å². The van der Waals surface area contributed by atoms with Crippen molar-refractivity contribution in [1.29, 1.82) is 0 Å². The van der Waals surface area contributed by atoms with Gasteiger partial charge in [0.1, 0.15) is 0 Å². The van der Waals surface area contributed by atoms with E-state index in [1.807, 2.05) is 6.20 Å². The molecule has 3 nitrogen and oxygen atoms in total. The highest BCUT2D eigenvalue weighted by molar-refractivity contribution is 5.16. The molecule has 0 fully saturated rings. The van der Waals surface area contributed by atoms with Crippen LogP contribution in [0.15, 0.2) is 11.0 Å². The fourth-order valence-electron chi connectivity index (χ4n) is 1.85. The lowest BCUT2D eigenvalue weighted by atomic mass is 9.98. The molecule has 3 heteroatoms. The van der Waals surface area contributed by atoms with Gasteiger partial charge in [0.05, 0.1) is 5.69 Å². The van der Waals surface area contributed by atoms with Crippen molar-refractivity contribution >= 4 is 0 Å². The van der Waals surface area contributed by atoms with Crippen LogP contribution in [0, 0.1) is 0 Å². The Balaban J connectivity index is 2.33. The summed E-state index contributed by atoms with van der Waals surface area (Å²) in [5, 5.41) is 0. The Morgan fingerprint density at radius 2 is 1.92 bits per heavy atom. The van der Waals surface area contributed by atoms with Crippen LogP contribution in [-0.4, -0.2) is 9.97 Å². The number of hydrogen-bond donors (Lipinski definition) is 1. The number of hydrogen-bond acceptors (Lipinski definition) is 2. The largest absolute Gasteiger partial charge is 0.345 e. The molecule has 0 unspecified atom stereocenters.